The zero-order valence-corrected chi connectivity index (χ0v) is 43.1. The van der Waals surface area contributed by atoms with Crippen LogP contribution in [0, 0.1) is 58.2 Å². The molecule has 70 heavy (non-hydrogen) atoms. The van der Waals surface area contributed by atoms with Gasteiger partial charge in [0.15, 0.2) is 5.79 Å². The fourth-order valence-corrected chi connectivity index (χ4v) is 15.0. The standard InChI is InChI=1S/C54H80N8O8/c1-30(2)21-41-47(64)55-27-34-28-62(61-60-34)35-16-18-52(8)37-17-19-53(9)38(25-44-46(53)32(4)54(69-44)20-15-31(3)29-68-54)36(37)24-40(39(52)23-35)56-45(63)26-43(59-50(67)70-51(5,6)7)49(66)58-42(48(65)57-41)22-33-13-11-10-12-14-33/h10-14,28,30-32,35-44,46H,15-27,29H2,1-9H3,(H,55,64)(H,56,63)(H,57,65)(H,58,66)(H,59,67)/t31-,32+,35-,36-,37+,38+,39-,40+,41?,42+,43?,44+,46+,52-,53+,54-/m1/s1. The fourth-order valence-electron chi connectivity index (χ4n) is 15.0. The van der Waals surface area contributed by atoms with Crippen LogP contribution in [-0.2, 0) is 46.4 Å². The number of hydrogen-bond acceptors (Lipinski definition) is 10. The number of amides is 5. The summed E-state index contributed by atoms with van der Waals surface area (Å²) in [6.07, 6.45) is 9.93. The predicted molar refractivity (Wildman–Crippen MR) is 261 cm³/mol. The van der Waals surface area contributed by atoms with Crippen molar-refractivity contribution in [3.63, 3.8) is 0 Å². The molecule has 2 unspecified atom stereocenters. The molecule has 7 aliphatic rings. The molecular weight excluding hydrogens is 889 g/mol. The van der Waals surface area contributed by atoms with Gasteiger partial charge in [0.2, 0.25) is 23.6 Å². The third kappa shape index (κ3) is 9.97. The van der Waals surface area contributed by atoms with E-state index in [0.717, 1.165) is 70.0 Å². The summed E-state index contributed by atoms with van der Waals surface area (Å²) in [6, 6.07) is 5.58. The molecule has 1 aromatic carbocycles. The molecule has 5 amide bonds. The van der Waals surface area contributed by atoms with Gasteiger partial charge in [0.1, 0.15) is 29.4 Å². The van der Waals surface area contributed by atoms with Gasteiger partial charge in [-0.25, -0.2) is 9.48 Å². The SMILES string of the molecule is CC(C)CC1NC(=O)[C@H](Cc2ccccc2)NC(=O)C(NC(=O)OC(C)(C)C)CC(=O)N[C@H]2C[C@@H]3[C@H](CC[C@]4(C)[C@@H]5[C@H](C[C@@H]34)O[C@]3(CC[C@@H](C)CO3)[C@H]5C)[C@@]3(C)CC[C@H](C[C@H]23)n2cc(nn2)CNC1=O. The predicted octanol–water partition coefficient (Wildman–Crippen LogP) is 6.53. The number of nitrogens with zero attached hydrogens (tertiary/aromatic N) is 3. The number of ether oxygens (including phenoxy) is 3. The van der Waals surface area contributed by atoms with Gasteiger partial charge < -0.3 is 40.8 Å². The van der Waals surface area contributed by atoms with Crippen LogP contribution in [0.3, 0.4) is 0 Å². The first kappa shape index (κ1) is 50.4. The lowest BCUT2D eigenvalue weighted by molar-refractivity contribution is -0.273. The topological polar surface area (TPSA) is 204 Å². The highest BCUT2D eigenvalue weighted by Gasteiger charge is 2.70. The molecule has 1 aromatic heterocycles. The number of alkyl carbamates (subject to hydrolysis) is 1. The molecule has 0 radical (unpaired) electrons. The van der Waals surface area contributed by atoms with Crippen molar-refractivity contribution in [2.45, 2.75) is 194 Å². The smallest absolute Gasteiger partial charge is 0.408 e. The summed E-state index contributed by atoms with van der Waals surface area (Å²) in [7, 11) is 0. The molecule has 4 saturated carbocycles. The molecule has 3 aliphatic heterocycles. The van der Waals surface area contributed by atoms with Crippen LogP contribution in [-0.4, -0.2) is 93.0 Å². The minimum atomic E-state index is -1.39. The van der Waals surface area contributed by atoms with Gasteiger partial charge in [0, 0.05) is 24.8 Å². The van der Waals surface area contributed by atoms with E-state index in [1.165, 1.54) is 0 Å². The first-order chi connectivity index (χ1) is 33.1. The third-order valence-electron chi connectivity index (χ3n) is 18.3. The highest BCUT2D eigenvalue weighted by Crippen LogP contribution is 2.71. The Morgan fingerprint density at radius 1 is 0.886 bits per heavy atom. The second kappa shape index (κ2) is 19.5. The van der Waals surface area contributed by atoms with Crippen LogP contribution in [0.5, 0.6) is 0 Å². The number of benzene rings is 1. The molecule has 4 bridgehead atoms. The van der Waals surface area contributed by atoms with Crippen molar-refractivity contribution >= 4 is 29.7 Å². The number of carbonyl (C=O) groups excluding carboxylic acids is 5. The first-order valence-electron chi connectivity index (χ1n) is 26.6. The molecule has 1 spiro atoms. The molecule has 16 heteroatoms. The highest BCUT2D eigenvalue weighted by atomic mass is 16.7. The zero-order chi connectivity index (χ0) is 49.9. The van der Waals surface area contributed by atoms with Gasteiger partial charge in [0.05, 0.1) is 37.9 Å². The second-order valence-corrected chi connectivity index (χ2v) is 24.6. The number of rotatable bonds is 5. The molecule has 4 aliphatic carbocycles. The molecule has 384 valence electrons. The van der Waals surface area contributed by atoms with E-state index in [0.29, 0.717) is 41.7 Å². The molecule has 4 heterocycles. The maximum atomic E-state index is 14.8. The van der Waals surface area contributed by atoms with Gasteiger partial charge in [0.25, 0.3) is 0 Å². The first-order valence-corrected chi connectivity index (χ1v) is 26.6. The second-order valence-electron chi connectivity index (χ2n) is 24.6. The van der Waals surface area contributed by atoms with E-state index < -0.39 is 47.4 Å². The summed E-state index contributed by atoms with van der Waals surface area (Å²) in [4.78, 5) is 71.3. The van der Waals surface area contributed by atoms with Crippen LogP contribution in [0.15, 0.2) is 36.5 Å². The number of carbonyl (C=O) groups is 5. The van der Waals surface area contributed by atoms with Crippen LogP contribution < -0.4 is 26.6 Å². The van der Waals surface area contributed by atoms with Gasteiger partial charge in [-0.3, -0.25) is 19.2 Å². The van der Waals surface area contributed by atoms with Gasteiger partial charge in [-0.1, -0.05) is 77.1 Å². The van der Waals surface area contributed by atoms with E-state index in [1.54, 1.807) is 20.8 Å². The summed E-state index contributed by atoms with van der Waals surface area (Å²) in [6.45, 7) is 19.6. The van der Waals surface area contributed by atoms with Gasteiger partial charge in [-0.05, 0) is 136 Å². The Kier molecular flexibility index (Phi) is 14.0. The summed E-state index contributed by atoms with van der Waals surface area (Å²) >= 11 is 0. The molecule has 9 rings (SSSR count). The highest BCUT2D eigenvalue weighted by molar-refractivity contribution is 5.95. The third-order valence-corrected chi connectivity index (χ3v) is 18.3. The quantitative estimate of drug-likeness (QED) is 0.219. The Morgan fingerprint density at radius 3 is 2.34 bits per heavy atom. The summed E-state index contributed by atoms with van der Waals surface area (Å²) in [5, 5.41) is 24.2. The van der Waals surface area contributed by atoms with E-state index in [1.807, 2.05) is 55.1 Å². The van der Waals surface area contributed by atoms with Crippen molar-refractivity contribution in [1.29, 1.82) is 0 Å². The lowest BCUT2D eigenvalue weighted by atomic mass is 9.43. The van der Waals surface area contributed by atoms with Crippen molar-refractivity contribution in [2.75, 3.05) is 6.61 Å². The van der Waals surface area contributed by atoms with Crippen LogP contribution in [0.4, 0.5) is 4.79 Å². The largest absolute Gasteiger partial charge is 0.444 e. The fraction of sp³-hybridized carbons (Fsp3) is 0.759. The van der Waals surface area contributed by atoms with E-state index in [9.17, 15) is 24.0 Å². The Labute approximate surface area is 414 Å². The van der Waals surface area contributed by atoms with Gasteiger partial charge in [-0.2, -0.15) is 0 Å². The Balaban J connectivity index is 1.04. The zero-order valence-electron chi connectivity index (χ0n) is 43.1. The average Bonchev–Trinajstić information content (AvgIpc) is 3.96. The number of fused-ring (bicyclic) bond motifs is 10. The Bertz CT molecular complexity index is 2260. The lowest BCUT2D eigenvalue weighted by Gasteiger charge is -2.63. The van der Waals surface area contributed by atoms with E-state index in [2.05, 4.69) is 64.6 Å². The van der Waals surface area contributed by atoms with Crippen LogP contribution in [0.2, 0.25) is 0 Å². The maximum absolute atomic E-state index is 14.8. The lowest BCUT2D eigenvalue weighted by Crippen LogP contribution is -2.62. The van der Waals surface area contributed by atoms with Crippen LogP contribution in [0.1, 0.15) is 150 Å². The van der Waals surface area contributed by atoms with Crippen molar-refractivity contribution in [2.24, 2.45) is 58.2 Å². The van der Waals surface area contributed by atoms with Gasteiger partial charge in [-0.15, -0.1) is 5.10 Å². The Morgan fingerprint density at radius 2 is 1.63 bits per heavy atom. The molecule has 16 atom stereocenters. The summed E-state index contributed by atoms with van der Waals surface area (Å²) in [5.74, 6) is -0.0188. The van der Waals surface area contributed by atoms with Crippen molar-refractivity contribution in [1.82, 2.24) is 41.6 Å². The van der Waals surface area contributed by atoms with Crippen molar-refractivity contribution in [3.8, 4) is 0 Å². The average molecular weight is 969 g/mol. The maximum Gasteiger partial charge on any atom is 0.408 e. The van der Waals surface area contributed by atoms with Crippen LogP contribution in [0.25, 0.3) is 0 Å². The van der Waals surface area contributed by atoms with E-state index >= 15 is 0 Å². The summed E-state index contributed by atoms with van der Waals surface area (Å²) in [5.41, 5.74) is 0.453. The normalized spacial score (nSPS) is 40.2. The minimum Gasteiger partial charge on any atom is -0.444 e. The minimum absolute atomic E-state index is 0.0156. The van der Waals surface area contributed by atoms with Crippen molar-refractivity contribution < 1.29 is 38.2 Å². The summed E-state index contributed by atoms with van der Waals surface area (Å²) < 4.78 is 21.3. The molecule has 16 nitrogen and oxygen atoms in total. The monoisotopic (exact) mass is 969 g/mol. The van der Waals surface area contributed by atoms with E-state index in [-0.39, 0.29) is 78.0 Å². The molecule has 6 fully saturated rings. The van der Waals surface area contributed by atoms with Crippen LogP contribution >= 0.6 is 0 Å². The Hall–Kier alpha value is -4.57. The number of nitrogens with one attached hydrogen (secondary N) is 5. The molecule has 2 saturated heterocycles. The molecular formula is C54H80N8O8. The number of hydrogen-bond donors (Lipinski definition) is 5. The van der Waals surface area contributed by atoms with Gasteiger partial charge >= 0.3 is 6.09 Å². The van der Waals surface area contributed by atoms with E-state index in [4.69, 9.17) is 14.2 Å². The van der Waals surface area contributed by atoms with Crippen molar-refractivity contribution in [3.05, 3.63) is 47.8 Å². The number of aromatic nitrogens is 3. The molecule has 5 N–H and O–H groups in total. The molecule has 2 aromatic rings.